The molecule has 0 spiro atoms. The lowest BCUT2D eigenvalue weighted by Crippen LogP contribution is -2.56. The van der Waals surface area contributed by atoms with Crippen molar-refractivity contribution in [3.05, 3.63) is 20.8 Å². The first-order chi connectivity index (χ1) is 8.74. The van der Waals surface area contributed by atoms with E-state index < -0.39 is 0 Å². The minimum Gasteiger partial charge on any atom is -0.335 e. The largest absolute Gasteiger partial charge is 0.335 e. The van der Waals surface area contributed by atoms with E-state index >= 15 is 0 Å². The summed E-state index contributed by atoms with van der Waals surface area (Å²) in [5.41, 5.74) is 0. The number of nitrogens with zero attached hydrogens (tertiary/aromatic N) is 2. The second kappa shape index (κ2) is 5.31. The fourth-order valence-corrected chi connectivity index (χ4v) is 4.28. The summed E-state index contributed by atoms with van der Waals surface area (Å²) >= 11 is 4.95. The zero-order valence-electron chi connectivity index (χ0n) is 10.3. The van der Waals surface area contributed by atoms with Gasteiger partial charge < -0.3 is 4.90 Å². The summed E-state index contributed by atoms with van der Waals surface area (Å²) in [6, 6.07) is 4.47. The van der Waals surface area contributed by atoms with Crippen molar-refractivity contribution in [3.63, 3.8) is 0 Å². The van der Waals surface area contributed by atoms with E-state index in [4.69, 9.17) is 0 Å². The topological polar surface area (TPSA) is 23.6 Å². The minimum atomic E-state index is 0.205. The van der Waals surface area contributed by atoms with Crippen molar-refractivity contribution in [2.24, 2.45) is 0 Å². The van der Waals surface area contributed by atoms with Gasteiger partial charge in [-0.15, -0.1) is 11.3 Å². The van der Waals surface area contributed by atoms with Gasteiger partial charge in [0.05, 0.1) is 8.66 Å². The molecule has 1 aromatic rings. The van der Waals surface area contributed by atoms with Crippen LogP contribution in [0.2, 0.25) is 0 Å². The SMILES string of the molecule is O=C(c1ccc(Br)s1)N1CCN2CCCC[C@@H]2C1. The molecule has 1 atom stereocenters. The summed E-state index contributed by atoms with van der Waals surface area (Å²) in [5.74, 6) is 0.205. The molecule has 2 saturated heterocycles. The third-order valence-corrected chi connectivity index (χ3v) is 5.52. The number of amides is 1. The predicted molar refractivity (Wildman–Crippen MR) is 77.1 cm³/mol. The summed E-state index contributed by atoms with van der Waals surface area (Å²) in [6.07, 6.45) is 3.88. The number of hydrogen-bond acceptors (Lipinski definition) is 3. The van der Waals surface area contributed by atoms with Gasteiger partial charge in [0, 0.05) is 25.7 Å². The monoisotopic (exact) mass is 328 g/mol. The molecule has 0 unspecified atom stereocenters. The molecule has 0 aromatic carbocycles. The molecule has 2 aliphatic rings. The minimum absolute atomic E-state index is 0.205. The van der Waals surface area contributed by atoms with Gasteiger partial charge in [-0.2, -0.15) is 0 Å². The second-order valence-corrected chi connectivity index (χ2v) is 7.50. The number of rotatable bonds is 1. The van der Waals surface area contributed by atoms with Crippen LogP contribution < -0.4 is 0 Å². The Balaban J connectivity index is 1.68. The zero-order chi connectivity index (χ0) is 12.5. The molecule has 5 heteroatoms. The van der Waals surface area contributed by atoms with Crippen LogP contribution >= 0.6 is 27.3 Å². The standard InChI is InChI=1S/C13H17BrN2OS/c14-12-5-4-11(18-12)13(17)16-8-7-15-6-2-1-3-10(15)9-16/h4-5,10H,1-3,6-9H2/t10-/m1/s1. The lowest BCUT2D eigenvalue weighted by Gasteiger charge is -2.43. The Morgan fingerprint density at radius 3 is 2.94 bits per heavy atom. The Morgan fingerprint density at radius 1 is 1.28 bits per heavy atom. The number of piperidine rings is 1. The molecule has 98 valence electrons. The predicted octanol–water partition coefficient (Wildman–Crippen LogP) is 2.82. The van der Waals surface area contributed by atoms with Crippen LogP contribution in [0.1, 0.15) is 28.9 Å². The van der Waals surface area contributed by atoms with E-state index in [-0.39, 0.29) is 5.91 Å². The van der Waals surface area contributed by atoms with Crippen molar-refractivity contribution >= 4 is 33.2 Å². The summed E-state index contributed by atoms with van der Waals surface area (Å²) in [4.78, 5) is 17.8. The van der Waals surface area contributed by atoms with Crippen molar-refractivity contribution in [2.45, 2.75) is 25.3 Å². The van der Waals surface area contributed by atoms with E-state index in [0.717, 1.165) is 28.3 Å². The number of halogens is 1. The lowest BCUT2D eigenvalue weighted by molar-refractivity contribution is 0.0376. The Labute approximate surface area is 120 Å². The molecule has 18 heavy (non-hydrogen) atoms. The van der Waals surface area contributed by atoms with Gasteiger partial charge >= 0.3 is 0 Å². The molecule has 0 N–H and O–H groups in total. The average Bonchev–Trinajstić information content (AvgIpc) is 2.84. The molecule has 0 radical (unpaired) electrons. The smallest absolute Gasteiger partial charge is 0.264 e. The van der Waals surface area contributed by atoms with E-state index in [1.54, 1.807) is 0 Å². The highest BCUT2D eigenvalue weighted by atomic mass is 79.9. The van der Waals surface area contributed by atoms with Crippen LogP contribution in [0.5, 0.6) is 0 Å². The lowest BCUT2D eigenvalue weighted by atomic mass is 9.99. The molecule has 1 amide bonds. The highest BCUT2D eigenvalue weighted by Gasteiger charge is 2.31. The van der Waals surface area contributed by atoms with Crippen LogP contribution in [0.25, 0.3) is 0 Å². The van der Waals surface area contributed by atoms with Gasteiger partial charge in [-0.1, -0.05) is 6.42 Å². The molecule has 3 heterocycles. The van der Waals surface area contributed by atoms with Crippen molar-refractivity contribution in [1.29, 1.82) is 0 Å². The summed E-state index contributed by atoms with van der Waals surface area (Å²) in [7, 11) is 0. The number of hydrogen-bond donors (Lipinski definition) is 0. The Hall–Kier alpha value is -0.390. The maximum Gasteiger partial charge on any atom is 0.264 e. The quantitative estimate of drug-likeness (QED) is 0.791. The van der Waals surface area contributed by atoms with Crippen LogP contribution in [0, 0.1) is 0 Å². The van der Waals surface area contributed by atoms with Crippen LogP contribution in [-0.2, 0) is 0 Å². The molecular weight excluding hydrogens is 312 g/mol. The fourth-order valence-electron chi connectivity index (χ4n) is 2.93. The van der Waals surface area contributed by atoms with Gasteiger partial charge in [0.2, 0.25) is 0 Å². The molecule has 0 aliphatic carbocycles. The molecule has 2 aliphatic heterocycles. The van der Waals surface area contributed by atoms with Crippen molar-refractivity contribution in [1.82, 2.24) is 9.80 Å². The van der Waals surface area contributed by atoms with Gasteiger partial charge in [0.15, 0.2) is 0 Å². The number of carbonyl (C=O) groups excluding carboxylic acids is 1. The molecule has 3 nitrogen and oxygen atoms in total. The Bertz CT molecular complexity index is 448. The maximum absolute atomic E-state index is 12.4. The molecule has 0 saturated carbocycles. The second-order valence-electron chi connectivity index (χ2n) is 5.04. The molecule has 3 rings (SSSR count). The van der Waals surface area contributed by atoms with Gasteiger partial charge in [0.1, 0.15) is 0 Å². The van der Waals surface area contributed by atoms with Crippen LogP contribution in [0.15, 0.2) is 15.9 Å². The van der Waals surface area contributed by atoms with E-state index in [9.17, 15) is 4.79 Å². The van der Waals surface area contributed by atoms with Gasteiger partial charge in [0.25, 0.3) is 5.91 Å². The Morgan fingerprint density at radius 2 is 2.17 bits per heavy atom. The first-order valence-electron chi connectivity index (χ1n) is 6.53. The van der Waals surface area contributed by atoms with E-state index in [0.29, 0.717) is 6.04 Å². The number of thiophene rings is 1. The van der Waals surface area contributed by atoms with Crippen LogP contribution in [-0.4, -0.2) is 47.9 Å². The summed E-state index contributed by atoms with van der Waals surface area (Å²) in [6.45, 7) is 4.05. The summed E-state index contributed by atoms with van der Waals surface area (Å²) in [5, 5.41) is 0. The van der Waals surface area contributed by atoms with Crippen molar-refractivity contribution < 1.29 is 4.79 Å². The molecule has 2 fully saturated rings. The molecule has 0 bridgehead atoms. The zero-order valence-corrected chi connectivity index (χ0v) is 12.7. The first-order valence-corrected chi connectivity index (χ1v) is 8.13. The number of piperazine rings is 1. The van der Waals surface area contributed by atoms with Gasteiger partial charge in [-0.25, -0.2) is 0 Å². The van der Waals surface area contributed by atoms with E-state index in [1.165, 1.54) is 37.1 Å². The van der Waals surface area contributed by atoms with Crippen LogP contribution in [0.4, 0.5) is 0 Å². The fraction of sp³-hybridized carbons (Fsp3) is 0.615. The van der Waals surface area contributed by atoms with Crippen molar-refractivity contribution in [3.8, 4) is 0 Å². The average molecular weight is 329 g/mol. The first kappa shape index (κ1) is 12.6. The summed E-state index contributed by atoms with van der Waals surface area (Å²) < 4.78 is 1.03. The van der Waals surface area contributed by atoms with E-state index in [1.807, 2.05) is 17.0 Å². The van der Waals surface area contributed by atoms with E-state index in [2.05, 4.69) is 20.8 Å². The molecule has 1 aromatic heterocycles. The number of fused-ring (bicyclic) bond motifs is 1. The third kappa shape index (κ3) is 2.49. The highest BCUT2D eigenvalue weighted by Crippen LogP contribution is 2.26. The molecular formula is C13H17BrN2OS. The number of carbonyl (C=O) groups is 1. The maximum atomic E-state index is 12.4. The third-order valence-electron chi connectivity index (χ3n) is 3.91. The highest BCUT2D eigenvalue weighted by molar-refractivity contribution is 9.11. The Kier molecular flexibility index (Phi) is 3.73. The van der Waals surface area contributed by atoms with Gasteiger partial charge in [-0.3, -0.25) is 9.69 Å². The van der Waals surface area contributed by atoms with Crippen LogP contribution in [0.3, 0.4) is 0 Å². The van der Waals surface area contributed by atoms with Gasteiger partial charge in [-0.05, 0) is 47.4 Å². The van der Waals surface area contributed by atoms with Crippen molar-refractivity contribution in [2.75, 3.05) is 26.2 Å². The normalized spacial score (nSPS) is 24.9.